The molecular formula is C9H19NO2S. The highest BCUT2D eigenvalue weighted by molar-refractivity contribution is 7.91. The first-order valence-corrected chi connectivity index (χ1v) is 6.87. The maximum atomic E-state index is 11.1. The van der Waals surface area contributed by atoms with Gasteiger partial charge in [-0.1, -0.05) is 19.8 Å². The van der Waals surface area contributed by atoms with Crippen LogP contribution in [0.5, 0.6) is 0 Å². The number of hydrogen-bond acceptors (Lipinski definition) is 3. The second-order valence-corrected chi connectivity index (χ2v) is 6.19. The molecule has 4 heteroatoms. The van der Waals surface area contributed by atoms with E-state index in [1.165, 1.54) is 19.3 Å². The average Bonchev–Trinajstić information content (AvgIpc) is 2.87. The highest BCUT2D eigenvalue weighted by Crippen LogP contribution is 2.31. The first kappa shape index (κ1) is 11.0. The lowest BCUT2D eigenvalue weighted by molar-refractivity contribution is 0.586. The summed E-state index contributed by atoms with van der Waals surface area (Å²) in [5.41, 5.74) is 0. The van der Waals surface area contributed by atoms with Gasteiger partial charge in [-0.05, 0) is 18.9 Å². The second kappa shape index (κ2) is 4.96. The molecule has 0 atom stereocenters. The molecule has 0 aliphatic heterocycles. The van der Waals surface area contributed by atoms with Crippen LogP contribution in [-0.4, -0.2) is 33.0 Å². The van der Waals surface area contributed by atoms with Crippen LogP contribution in [0.2, 0.25) is 0 Å². The Kier molecular flexibility index (Phi) is 4.19. The molecule has 0 radical (unpaired) electrons. The lowest BCUT2D eigenvalue weighted by Crippen LogP contribution is -2.24. The summed E-state index contributed by atoms with van der Waals surface area (Å²) in [6, 6.07) is 0. The van der Waals surface area contributed by atoms with Crippen molar-refractivity contribution in [2.45, 2.75) is 26.2 Å². The molecule has 13 heavy (non-hydrogen) atoms. The maximum absolute atomic E-state index is 11.1. The highest BCUT2D eigenvalue weighted by atomic mass is 32.2. The van der Waals surface area contributed by atoms with Gasteiger partial charge in [0.25, 0.3) is 0 Å². The standard InChI is InChI=1S/C9H19NO2S/c1-2-13(11,12)8-7-10-6-5-9-3-4-9/h9-10H,2-8H2,1H3. The zero-order chi connectivity index (χ0) is 9.73. The van der Waals surface area contributed by atoms with Crippen LogP contribution in [0.4, 0.5) is 0 Å². The van der Waals surface area contributed by atoms with Crippen molar-refractivity contribution in [3.8, 4) is 0 Å². The summed E-state index contributed by atoms with van der Waals surface area (Å²) < 4.78 is 22.1. The van der Waals surface area contributed by atoms with Gasteiger partial charge in [0.05, 0.1) is 5.75 Å². The van der Waals surface area contributed by atoms with Crippen LogP contribution in [0.1, 0.15) is 26.2 Å². The summed E-state index contributed by atoms with van der Waals surface area (Å²) in [6.45, 7) is 3.28. The van der Waals surface area contributed by atoms with E-state index >= 15 is 0 Å². The van der Waals surface area contributed by atoms with Crippen molar-refractivity contribution in [2.24, 2.45) is 5.92 Å². The van der Waals surface area contributed by atoms with Gasteiger partial charge in [-0.15, -0.1) is 0 Å². The Morgan fingerprint density at radius 1 is 1.31 bits per heavy atom. The Balaban J connectivity index is 1.93. The van der Waals surface area contributed by atoms with E-state index in [4.69, 9.17) is 0 Å². The number of hydrogen-bond donors (Lipinski definition) is 1. The van der Waals surface area contributed by atoms with Crippen LogP contribution in [0.25, 0.3) is 0 Å². The van der Waals surface area contributed by atoms with Crippen LogP contribution in [0, 0.1) is 5.92 Å². The Labute approximate surface area is 80.8 Å². The third kappa shape index (κ3) is 5.26. The van der Waals surface area contributed by atoms with Gasteiger partial charge in [-0.2, -0.15) is 0 Å². The van der Waals surface area contributed by atoms with Gasteiger partial charge >= 0.3 is 0 Å². The van der Waals surface area contributed by atoms with Crippen molar-refractivity contribution < 1.29 is 8.42 Å². The molecule has 1 fully saturated rings. The summed E-state index contributed by atoms with van der Waals surface area (Å²) in [5.74, 6) is 1.47. The molecule has 0 bridgehead atoms. The minimum absolute atomic E-state index is 0.261. The van der Waals surface area contributed by atoms with E-state index in [0.29, 0.717) is 6.54 Å². The molecule has 0 aromatic heterocycles. The Bertz CT molecular complexity index is 232. The second-order valence-electron chi connectivity index (χ2n) is 3.72. The van der Waals surface area contributed by atoms with Gasteiger partial charge in [0.2, 0.25) is 0 Å². The molecule has 0 amide bonds. The third-order valence-corrected chi connectivity index (χ3v) is 4.16. The molecule has 1 saturated carbocycles. The predicted octanol–water partition coefficient (Wildman–Crippen LogP) is 0.811. The molecule has 1 aliphatic rings. The van der Waals surface area contributed by atoms with Crippen LogP contribution < -0.4 is 5.32 Å². The molecule has 78 valence electrons. The van der Waals surface area contributed by atoms with Crippen molar-refractivity contribution in [1.29, 1.82) is 0 Å². The average molecular weight is 205 g/mol. The normalized spacial score (nSPS) is 17.6. The first-order valence-electron chi connectivity index (χ1n) is 5.05. The summed E-state index contributed by atoms with van der Waals surface area (Å²) in [5, 5.41) is 3.17. The molecule has 0 saturated heterocycles. The van der Waals surface area contributed by atoms with Gasteiger partial charge in [0.1, 0.15) is 0 Å². The molecule has 1 rings (SSSR count). The number of rotatable bonds is 7. The van der Waals surface area contributed by atoms with Gasteiger partial charge < -0.3 is 5.32 Å². The molecule has 0 spiro atoms. The lowest BCUT2D eigenvalue weighted by Gasteiger charge is -2.03. The molecule has 3 nitrogen and oxygen atoms in total. The third-order valence-electron chi connectivity index (χ3n) is 2.46. The number of sulfone groups is 1. The van der Waals surface area contributed by atoms with Gasteiger partial charge in [0, 0.05) is 12.3 Å². The summed E-state index contributed by atoms with van der Waals surface area (Å²) in [7, 11) is -2.77. The SMILES string of the molecule is CCS(=O)(=O)CCNCCC1CC1. The highest BCUT2D eigenvalue weighted by Gasteiger charge is 2.19. The molecule has 1 aliphatic carbocycles. The fourth-order valence-corrected chi connectivity index (χ4v) is 1.95. The van der Waals surface area contributed by atoms with Crippen LogP contribution in [0.3, 0.4) is 0 Å². The minimum Gasteiger partial charge on any atom is -0.316 e. The Hall–Kier alpha value is -0.0900. The molecular weight excluding hydrogens is 186 g/mol. The van der Waals surface area contributed by atoms with Gasteiger partial charge in [0.15, 0.2) is 9.84 Å². The van der Waals surface area contributed by atoms with Crippen LogP contribution in [-0.2, 0) is 9.84 Å². The Morgan fingerprint density at radius 3 is 2.54 bits per heavy atom. The fourth-order valence-electron chi connectivity index (χ4n) is 1.21. The molecule has 0 heterocycles. The summed E-state index contributed by atoms with van der Waals surface area (Å²) >= 11 is 0. The molecule has 0 aromatic carbocycles. The van der Waals surface area contributed by atoms with Crippen molar-refractivity contribution in [2.75, 3.05) is 24.6 Å². The zero-order valence-electron chi connectivity index (χ0n) is 8.25. The van der Waals surface area contributed by atoms with E-state index in [1.54, 1.807) is 6.92 Å². The number of nitrogens with one attached hydrogen (secondary N) is 1. The van der Waals surface area contributed by atoms with E-state index in [9.17, 15) is 8.42 Å². The first-order chi connectivity index (χ1) is 6.14. The van der Waals surface area contributed by atoms with E-state index in [-0.39, 0.29) is 11.5 Å². The largest absolute Gasteiger partial charge is 0.316 e. The van der Waals surface area contributed by atoms with E-state index < -0.39 is 9.84 Å². The van der Waals surface area contributed by atoms with Gasteiger partial charge in [-0.3, -0.25) is 0 Å². The predicted molar refractivity (Wildman–Crippen MR) is 54.5 cm³/mol. The Morgan fingerprint density at radius 2 is 2.00 bits per heavy atom. The van der Waals surface area contributed by atoms with E-state index in [2.05, 4.69) is 5.32 Å². The maximum Gasteiger partial charge on any atom is 0.151 e. The molecule has 0 unspecified atom stereocenters. The van der Waals surface area contributed by atoms with Crippen molar-refractivity contribution in [3.05, 3.63) is 0 Å². The quantitative estimate of drug-likeness (QED) is 0.626. The van der Waals surface area contributed by atoms with E-state index in [0.717, 1.165) is 12.5 Å². The van der Waals surface area contributed by atoms with Gasteiger partial charge in [-0.25, -0.2) is 8.42 Å². The topological polar surface area (TPSA) is 46.2 Å². The van der Waals surface area contributed by atoms with Crippen molar-refractivity contribution >= 4 is 9.84 Å². The smallest absolute Gasteiger partial charge is 0.151 e. The molecule has 1 N–H and O–H groups in total. The molecule has 0 aromatic rings. The van der Waals surface area contributed by atoms with Crippen LogP contribution >= 0.6 is 0 Å². The summed E-state index contributed by atoms with van der Waals surface area (Å²) in [6.07, 6.45) is 3.95. The monoisotopic (exact) mass is 205 g/mol. The van der Waals surface area contributed by atoms with Crippen LogP contribution in [0.15, 0.2) is 0 Å². The van der Waals surface area contributed by atoms with E-state index in [1.807, 2.05) is 0 Å². The van der Waals surface area contributed by atoms with Crippen molar-refractivity contribution in [3.63, 3.8) is 0 Å². The minimum atomic E-state index is -2.77. The van der Waals surface area contributed by atoms with Crippen molar-refractivity contribution in [1.82, 2.24) is 5.32 Å². The fraction of sp³-hybridized carbons (Fsp3) is 1.00. The summed E-state index contributed by atoms with van der Waals surface area (Å²) in [4.78, 5) is 0. The lowest BCUT2D eigenvalue weighted by atomic mass is 10.3. The zero-order valence-corrected chi connectivity index (χ0v) is 9.07.